The molecule has 0 unspecified atom stereocenters. The van der Waals surface area contributed by atoms with Crippen LogP contribution in [0.2, 0.25) is 0 Å². The van der Waals surface area contributed by atoms with Crippen LogP contribution in [0.4, 0.5) is 17.6 Å². The third kappa shape index (κ3) is 8.83. The van der Waals surface area contributed by atoms with Crippen molar-refractivity contribution in [2.24, 2.45) is 0 Å². The van der Waals surface area contributed by atoms with Crippen LogP contribution < -0.4 is 4.74 Å². The summed E-state index contributed by atoms with van der Waals surface area (Å²) < 4.78 is 90.0. The fraction of sp³-hybridized carbons (Fsp3) is 0.206. The van der Waals surface area contributed by atoms with E-state index in [0.29, 0.717) is 30.4 Å². The molecular weight excluding hydrogens is 652 g/mol. The molecule has 14 heteroatoms. The molecule has 0 saturated carbocycles. The van der Waals surface area contributed by atoms with Crippen LogP contribution in [0.5, 0.6) is 5.75 Å². The van der Waals surface area contributed by atoms with E-state index in [9.17, 15) is 35.9 Å². The van der Waals surface area contributed by atoms with E-state index in [1.165, 1.54) is 59.4 Å². The van der Waals surface area contributed by atoms with Crippen molar-refractivity contribution in [3.8, 4) is 16.9 Å². The van der Waals surface area contributed by atoms with Crippen LogP contribution in [0.3, 0.4) is 0 Å². The molecule has 0 spiro atoms. The zero-order valence-corrected chi connectivity index (χ0v) is 26.2. The van der Waals surface area contributed by atoms with Crippen LogP contribution in [-0.4, -0.2) is 51.5 Å². The average Bonchev–Trinajstić information content (AvgIpc) is 3.48. The number of benzene rings is 4. The number of nitrogens with zero attached hydrogens (tertiary/aromatic N) is 4. The first-order valence-corrected chi connectivity index (χ1v) is 16.2. The summed E-state index contributed by atoms with van der Waals surface area (Å²) in [5.41, 5.74) is 2.11. The van der Waals surface area contributed by atoms with Crippen LogP contribution in [0, 0.1) is 5.82 Å². The summed E-state index contributed by atoms with van der Waals surface area (Å²) in [7, 11) is -4.65. The minimum Gasteiger partial charge on any atom is -0.478 e. The Morgan fingerprint density at radius 1 is 0.875 bits per heavy atom. The lowest BCUT2D eigenvalue weighted by Gasteiger charge is -2.24. The van der Waals surface area contributed by atoms with Crippen molar-refractivity contribution in [2.45, 2.75) is 43.6 Å². The van der Waals surface area contributed by atoms with Crippen LogP contribution in [0.15, 0.2) is 108 Å². The first-order chi connectivity index (χ1) is 22.9. The molecule has 0 saturated heterocycles. The number of ether oxygens (including phenoxy) is 1. The van der Waals surface area contributed by atoms with Crippen molar-refractivity contribution in [1.29, 1.82) is 0 Å². The van der Waals surface area contributed by atoms with Crippen LogP contribution in [0.1, 0.15) is 40.2 Å². The topological polar surface area (TPSA) is 115 Å². The molecule has 1 aromatic heterocycles. The molecule has 4 aromatic carbocycles. The molecule has 5 rings (SSSR count). The monoisotopic (exact) mass is 682 g/mol. The molecule has 1 heterocycles. The molecule has 0 aliphatic carbocycles. The van der Waals surface area contributed by atoms with E-state index in [-0.39, 0.29) is 36.6 Å². The number of carboxylic acids is 1. The number of carboxylic acid groups (broad SMARTS) is 1. The number of aromatic nitrogens is 3. The summed E-state index contributed by atoms with van der Waals surface area (Å²) in [5, 5.41) is 17.2. The second kappa shape index (κ2) is 14.8. The lowest BCUT2D eigenvalue weighted by Crippen LogP contribution is -2.33. The zero-order chi connectivity index (χ0) is 34.3. The van der Waals surface area contributed by atoms with Gasteiger partial charge in [0, 0.05) is 6.54 Å². The lowest BCUT2D eigenvalue weighted by molar-refractivity contribution is -0.275. The van der Waals surface area contributed by atoms with Crippen molar-refractivity contribution in [3.05, 3.63) is 132 Å². The van der Waals surface area contributed by atoms with Crippen molar-refractivity contribution < 1.29 is 40.6 Å². The van der Waals surface area contributed by atoms with Crippen molar-refractivity contribution in [2.75, 3.05) is 6.54 Å². The number of aromatic carboxylic acids is 1. The Balaban J connectivity index is 1.48. The molecular formula is C34H30F4N4O5S. The van der Waals surface area contributed by atoms with Gasteiger partial charge in [0.15, 0.2) is 0 Å². The highest BCUT2D eigenvalue weighted by atomic mass is 32.2. The van der Waals surface area contributed by atoms with Gasteiger partial charge in [0.2, 0.25) is 10.0 Å². The SMILES string of the molecule is O=C(O)c1ccc(-c2ccc(S(=O)(=O)N(CCCCc3ccccc3)Cc3nncn3Cc3cccc(F)c3)c(OC(F)(F)F)c2)cc1. The summed E-state index contributed by atoms with van der Waals surface area (Å²) in [6, 6.07) is 24.1. The first kappa shape index (κ1) is 34.3. The van der Waals surface area contributed by atoms with Crippen LogP contribution in [0.25, 0.3) is 11.1 Å². The average molecular weight is 683 g/mol. The van der Waals surface area contributed by atoms with Gasteiger partial charge in [0.05, 0.1) is 18.7 Å². The number of carbonyl (C=O) groups is 1. The van der Waals surface area contributed by atoms with Crippen molar-refractivity contribution in [1.82, 2.24) is 19.1 Å². The van der Waals surface area contributed by atoms with E-state index in [4.69, 9.17) is 0 Å². The Hall–Kier alpha value is -5.08. The molecule has 0 bridgehead atoms. The standard InChI is InChI=1S/C34H30F4N4O5S/c35-29-11-6-10-25(19-29)21-41-23-39-40-32(41)22-42(18-5-4-9-24-7-2-1-3-8-24)48(45,46)31-17-16-28(20-30(31)47-34(36,37)38)26-12-14-27(15-13-26)33(43)44/h1-3,6-8,10-17,19-20,23H,4-5,9,18,21-22H2,(H,43,44). The molecule has 0 atom stereocenters. The maximum atomic E-state index is 14.2. The van der Waals surface area contributed by atoms with Gasteiger partial charge in [-0.3, -0.25) is 0 Å². The van der Waals surface area contributed by atoms with Gasteiger partial charge >= 0.3 is 12.3 Å². The summed E-state index contributed by atoms with van der Waals surface area (Å²) in [6.07, 6.45) is -2.24. The number of sulfonamides is 1. The van der Waals surface area contributed by atoms with Crippen LogP contribution in [-0.2, 0) is 29.5 Å². The number of aryl methyl sites for hydroxylation is 1. The van der Waals surface area contributed by atoms with Crippen LogP contribution >= 0.6 is 0 Å². The predicted molar refractivity (Wildman–Crippen MR) is 168 cm³/mol. The fourth-order valence-electron chi connectivity index (χ4n) is 5.12. The normalized spacial score (nSPS) is 11.9. The maximum absolute atomic E-state index is 14.2. The molecule has 9 nitrogen and oxygen atoms in total. The molecule has 1 N–H and O–H groups in total. The van der Waals surface area contributed by atoms with Gasteiger partial charge in [-0.2, -0.15) is 4.31 Å². The van der Waals surface area contributed by atoms with E-state index in [1.54, 1.807) is 6.07 Å². The number of rotatable bonds is 14. The Morgan fingerprint density at radius 3 is 2.27 bits per heavy atom. The summed E-state index contributed by atoms with van der Waals surface area (Å²) in [5.74, 6) is -2.39. The molecule has 0 aliphatic rings. The summed E-state index contributed by atoms with van der Waals surface area (Å²) in [6.45, 7) is -0.279. The zero-order valence-electron chi connectivity index (χ0n) is 25.3. The second-order valence-electron chi connectivity index (χ2n) is 10.9. The van der Waals surface area contributed by atoms with Gasteiger partial charge in [-0.25, -0.2) is 17.6 Å². The smallest absolute Gasteiger partial charge is 0.478 e. The first-order valence-electron chi connectivity index (χ1n) is 14.8. The quantitative estimate of drug-likeness (QED) is 0.0997. The number of halogens is 4. The third-order valence-electron chi connectivity index (χ3n) is 7.47. The van der Waals surface area contributed by atoms with E-state index >= 15 is 0 Å². The summed E-state index contributed by atoms with van der Waals surface area (Å²) in [4.78, 5) is 10.5. The Labute approximate surface area is 274 Å². The predicted octanol–water partition coefficient (Wildman–Crippen LogP) is 6.94. The lowest BCUT2D eigenvalue weighted by atomic mass is 10.0. The molecule has 5 aromatic rings. The highest BCUT2D eigenvalue weighted by Crippen LogP contribution is 2.36. The van der Waals surface area contributed by atoms with E-state index in [0.717, 1.165) is 22.0 Å². The fourth-order valence-corrected chi connectivity index (χ4v) is 6.65. The number of alkyl halides is 3. The van der Waals surface area contributed by atoms with Gasteiger partial charge in [0.25, 0.3) is 0 Å². The Bertz CT molecular complexity index is 1970. The second-order valence-corrected chi connectivity index (χ2v) is 12.8. The minimum atomic E-state index is -5.22. The van der Waals surface area contributed by atoms with Gasteiger partial charge in [-0.15, -0.1) is 23.4 Å². The third-order valence-corrected chi connectivity index (χ3v) is 9.36. The molecule has 0 aliphatic heterocycles. The van der Waals surface area contributed by atoms with Gasteiger partial charge in [-0.05, 0) is 77.9 Å². The number of unbranched alkanes of at least 4 members (excludes halogenated alkanes) is 1. The largest absolute Gasteiger partial charge is 0.573 e. The Morgan fingerprint density at radius 2 is 1.58 bits per heavy atom. The van der Waals surface area contributed by atoms with Gasteiger partial charge in [-0.1, -0.05) is 60.7 Å². The molecule has 48 heavy (non-hydrogen) atoms. The summed E-state index contributed by atoms with van der Waals surface area (Å²) >= 11 is 0. The number of hydrogen-bond donors (Lipinski definition) is 1. The Kier molecular flexibility index (Phi) is 10.5. The minimum absolute atomic E-state index is 0.0298. The van der Waals surface area contributed by atoms with E-state index in [2.05, 4.69) is 14.9 Å². The van der Waals surface area contributed by atoms with Crippen molar-refractivity contribution >= 4 is 16.0 Å². The molecule has 250 valence electrons. The van der Waals surface area contributed by atoms with Gasteiger partial charge < -0.3 is 14.4 Å². The van der Waals surface area contributed by atoms with E-state index < -0.39 is 38.8 Å². The van der Waals surface area contributed by atoms with Crippen molar-refractivity contribution in [3.63, 3.8) is 0 Å². The molecule has 0 fully saturated rings. The highest BCUT2D eigenvalue weighted by molar-refractivity contribution is 7.89. The number of hydrogen-bond acceptors (Lipinski definition) is 6. The van der Waals surface area contributed by atoms with Gasteiger partial charge in [0.1, 0.15) is 28.6 Å². The maximum Gasteiger partial charge on any atom is 0.573 e. The molecule has 0 amide bonds. The highest BCUT2D eigenvalue weighted by Gasteiger charge is 2.36. The van der Waals surface area contributed by atoms with E-state index in [1.807, 2.05) is 30.3 Å². The molecule has 0 radical (unpaired) electrons.